The van der Waals surface area contributed by atoms with Gasteiger partial charge in [0.25, 0.3) is 0 Å². The summed E-state index contributed by atoms with van der Waals surface area (Å²) < 4.78 is 5.31. The van der Waals surface area contributed by atoms with Crippen molar-refractivity contribution in [3.63, 3.8) is 0 Å². The van der Waals surface area contributed by atoms with E-state index in [4.69, 9.17) is 4.52 Å². The minimum atomic E-state index is -0.338. The smallest absolute Gasteiger partial charge is 0.232 e. The van der Waals surface area contributed by atoms with Crippen LogP contribution in [0.2, 0.25) is 0 Å². The molecule has 1 aromatic carbocycles. The molecule has 3 rings (SSSR count). The molecule has 4 nitrogen and oxygen atoms in total. The molecule has 1 aliphatic carbocycles. The van der Waals surface area contributed by atoms with E-state index in [2.05, 4.69) is 10.1 Å². The highest BCUT2D eigenvalue weighted by atomic mass is 16.5. The largest absolute Gasteiger partial charge is 0.392 e. The van der Waals surface area contributed by atoms with Crippen molar-refractivity contribution in [2.75, 3.05) is 0 Å². The van der Waals surface area contributed by atoms with Gasteiger partial charge in [0.1, 0.15) is 0 Å². The first kappa shape index (κ1) is 11.4. The predicted octanol–water partition coefficient (Wildman–Crippen LogP) is 2.67. The fraction of sp³-hybridized carbons (Fsp3) is 0.429. The van der Waals surface area contributed by atoms with Gasteiger partial charge in [-0.3, -0.25) is 0 Å². The Hall–Kier alpha value is -1.68. The van der Waals surface area contributed by atoms with Crippen LogP contribution in [0, 0.1) is 6.92 Å². The predicted molar refractivity (Wildman–Crippen MR) is 67.1 cm³/mol. The van der Waals surface area contributed by atoms with E-state index in [0.717, 1.165) is 30.4 Å². The Kier molecular flexibility index (Phi) is 2.88. The van der Waals surface area contributed by atoms with Crippen LogP contribution in [-0.2, 0) is 0 Å². The van der Waals surface area contributed by atoms with E-state index in [1.165, 1.54) is 0 Å². The molecule has 1 fully saturated rings. The van der Waals surface area contributed by atoms with Crippen LogP contribution in [0.4, 0.5) is 0 Å². The number of benzene rings is 1. The molecule has 1 aliphatic rings. The first-order chi connectivity index (χ1) is 8.75. The van der Waals surface area contributed by atoms with Crippen molar-refractivity contribution in [3.05, 3.63) is 35.7 Å². The molecule has 0 aliphatic heterocycles. The van der Waals surface area contributed by atoms with Gasteiger partial charge >= 0.3 is 0 Å². The molecule has 1 heterocycles. The molecule has 0 radical (unpaired) electrons. The number of aryl methyl sites for hydroxylation is 1. The quantitative estimate of drug-likeness (QED) is 0.882. The molecular weight excluding hydrogens is 228 g/mol. The van der Waals surface area contributed by atoms with Gasteiger partial charge in [0.2, 0.25) is 11.7 Å². The lowest BCUT2D eigenvalue weighted by atomic mass is 10.1. The minimum Gasteiger partial charge on any atom is -0.392 e. The van der Waals surface area contributed by atoms with E-state index in [0.29, 0.717) is 11.7 Å². The van der Waals surface area contributed by atoms with Crippen LogP contribution in [0.25, 0.3) is 11.4 Å². The summed E-state index contributed by atoms with van der Waals surface area (Å²) >= 11 is 0. The monoisotopic (exact) mass is 244 g/mol. The van der Waals surface area contributed by atoms with Gasteiger partial charge < -0.3 is 9.63 Å². The van der Waals surface area contributed by atoms with Gasteiger partial charge in [-0.25, -0.2) is 0 Å². The normalized spacial score (nSPS) is 23.4. The van der Waals surface area contributed by atoms with Crippen molar-refractivity contribution < 1.29 is 9.63 Å². The zero-order chi connectivity index (χ0) is 12.5. The highest BCUT2D eigenvalue weighted by Gasteiger charge is 2.31. The van der Waals surface area contributed by atoms with Crippen LogP contribution in [0.15, 0.2) is 28.8 Å². The molecule has 2 unspecified atom stereocenters. The van der Waals surface area contributed by atoms with E-state index < -0.39 is 0 Å². The first-order valence-electron chi connectivity index (χ1n) is 6.33. The van der Waals surface area contributed by atoms with Gasteiger partial charge in [0.05, 0.1) is 12.0 Å². The van der Waals surface area contributed by atoms with Gasteiger partial charge in [-0.05, 0) is 31.7 Å². The summed E-state index contributed by atoms with van der Waals surface area (Å²) in [5.41, 5.74) is 2.11. The number of hydrogen-bond donors (Lipinski definition) is 1. The van der Waals surface area contributed by atoms with E-state index in [-0.39, 0.29) is 12.0 Å². The SMILES string of the molecule is Cc1ccccc1-c1noc(C2CCCC2O)n1. The fourth-order valence-corrected chi connectivity index (χ4v) is 2.55. The standard InChI is InChI=1S/C14H16N2O2/c1-9-5-2-3-6-10(9)13-15-14(18-16-13)11-7-4-8-12(11)17/h2-3,5-6,11-12,17H,4,7-8H2,1H3. The Morgan fingerprint density at radius 3 is 2.83 bits per heavy atom. The first-order valence-corrected chi connectivity index (χ1v) is 6.33. The maximum Gasteiger partial charge on any atom is 0.232 e. The highest BCUT2D eigenvalue weighted by molar-refractivity contribution is 5.59. The van der Waals surface area contributed by atoms with Gasteiger partial charge in [-0.1, -0.05) is 29.4 Å². The Morgan fingerprint density at radius 2 is 2.11 bits per heavy atom. The number of rotatable bonds is 2. The van der Waals surface area contributed by atoms with Gasteiger partial charge in [-0.15, -0.1) is 0 Å². The lowest BCUT2D eigenvalue weighted by Gasteiger charge is -2.07. The van der Waals surface area contributed by atoms with Crippen LogP contribution in [0.5, 0.6) is 0 Å². The van der Waals surface area contributed by atoms with Crippen molar-refractivity contribution >= 4 is 0 Å². The van der Waals surface area contributed by atoms with E-state index >= 15 is 0 Å². The average Bonchev–Trinajstić information content (AvgIpc) is 2.98. The van der Waals surface area contributed by atoms with Crippen LogP contribution in [-0.4, -0.2) is 21.4 Å². The zero-order valence-electron chi connectivity index (χ0n) is 10.3. The topological polar surface area (TPSA) is 59.2 Å². The number of aliphatic hydroxyl groups excluding tert-OH is 1. The molecule has 4 heteroatoms. The van der Waals surface area contributed by atoms with E-state index in [9.17, 15) is 5.11 Å². The lowest BCUT2D eigenvalue weighted by Crippen LogP contribution is -2.11. The van der Waals surface area contributed by atoms with Crippen molar-refractivity contribution in [1.82, 2.24) is 10.1 Å². The maximum absolute atomic E-state index is 9.85. The molecule has 0 amide bonds. The third-order valence-corrected chi connectivity index (χ3v) is 3.62. The second-order valence-electron chi connectivity index (χ2n) is 4.88. The number of aliphatic hydroxyl groups is 1. The van der Waals surface area contributed by atoms with Gasteiger partial charge in [0.15, 0.2) is 0 Å². The van der Waals surface area contributed by atoms with Crippen LogP contribution >= 0.6 is 0 Å². The van der Waals surface area contributed by atoms with E-state index in [1.54, 1.807) is 0 Å². The summed E-state index contributed by atoms with van der Waals surface area (Å²) in [6.45, 7) is 2.02. The van der Waals surface area contributed by atoms with Crippen LogP contribution in [0.1, 0.15) is 36.6 Å². The Morgan fingerprint density at radius 1 is 1.28 bits per heavy atom. The molecular formula is C14H16N2O2. The molecule has 18 heavy (non-hydrogen) atoms. The summed E-state index contributed by atoms with van der Waals surface area (Å²) in [6.07, 6.45) is 2.44. The molecule has 2 atom stereocenters. The number of hydrogen-bond acceptors (Lipinski definition) is 4. The minimum absolute atomic E-state index is 0.00951. The molecule has 1 aromatic heterocycles. The molecule has 2 aromatic rings. The summed E-state index contributed by atoms with van der Waals surface area (Å²) in [6, 6.07) is 7.95. The second-order valence-corrected chi connectivity index (χ2v) is 4.88. The molecule has 0 bridgehead atoms. The van der Waals surface area contributed by atoms with Gasteiger partial charge in [-0.2, -0.15) is 4.98 Å². The molecule has 1 N–H and O–H groups in total. The van der Waals surface area contributed by atoms with Crippen LogP contribution in [0.3, 0.4) is 0 Å². The summed E-state index contributed by atoms with van der Waals surface area (Å²) in [5.74, 6) is 1.19. The Labute approximate surface area is 106 Å². The van der Waals surface area contributed by atoms with Crippen LogP contribution < -0.4 is 0 Å². The number of aromatic nitrogens is 2. The number of nitrogens with zero attached hydrogens (tertiary/aromatic N) is 2. The highest BCUT2D eigenvalue weighted by Crippen LogP contribution is 2.34. The Bertz CT molecular complexity index is 550. The summed E-state index contributed by atoms with van der Waals surface area (Å²) in [7, 11) is 0. The second kappa shape index (κ2) is 4.53. The lowest BCUT2D eigenvalue weighted by molar-refractivity contribution is 0.148. The van der Waals surface area contributed by atoms with Crippen molar-refractivity contribution in [1.29, 1.82) is 0 Å². The third kappa shape index (κ3) is 1.93. The molecule has 0 spiro atoms. The summed E-state index contributed by atoms with van der Waals surface area (Å²) in [4.78, 5) is 4.44. The van der Waals surface area contributed by atoms with Crippen molar-refractivity contribution in [3.8, 4) is 11.4 Å². The molecule has 1 saturated carbocycles. The fourth-order valence-electron chi connectivity index (χ4n) is 2.55. The zero-order valence-corrected chi connectivity index (χ0v) is 10.3. The van der Waals surface area contributed by atoms with Gasteiger partial charge in [0, 0.05) is 5.56 Å². The van der Waals surface area contributed by atoms with Crippen molar-refractivity contribution in [2.24, 2.45) is 0 Å². The molecule has 94 valence electrons. The molecule has 0 saturated heterocycles. The van der Waals surface area contributed by atoms with E-state index in [1.807, 2.05) is 31.2 Å². The summed E-state index contributed by atoms with van der Waals surface area (Å²) in [5, 5.41) is 13.9. The third-order valence-electron chi connectivity index (χ3n) is 3.62. The van der Waals surface area contributed by atoms with Crippen molar-refractivity contribution in [2.45, 2.75) is 38.2 Å². The maximum atomic E-state index is 9.85. The Balaban J connectivity index is 1.92. The average molecular weight is 244 g/mol.